The van der Waals surface area contributed by atoms with Crippen LogP contribution in [0.5, 0.6) is 0 Å². The Labute approximate surface area is 134 Å². The lowest BCUT2D eigenvalue weighted by Gasteiger charge is -2.28. The van der Waals surface area contributed by atoms with Crippen molar-refractivity contribution in [2.75, 3.05) is 18.8 Å². The summed E-state index contributed by atoms with van der Waals surface area (Å²) in [5.41, 5.74) is 7.65. The number of hydrogen-bond acceptors (Lipinski definition) is 5. The Bertz CT molecular complexity index is 717. The summed E-state index contributed by atoms with van der Waals surface area (Å²) >= 11 is 0. The number of nitrogen functional groups attached to an aromatic ring is 1. The number of amidine groups is 1. The van der Waals surface area contributed by atoms with Gasteiger partial charge in [-0.15, -0.1) is 0 Å². The Morgan fingerprint density at radius 2 is 2.04 bits per heavy atom. The van der Waals surface area contributed by atoms with Gasteiger partial charge in [0.15, 0.2) is 6.29 Å². The average Bonchev–Trinajstić information content (AvgIpc) is 3.04. The predicted molar refractivity (Wildman–Crippen MR) is 88.4 cm³/mol. The molecule has 0 aromatic carbocycles. The maximum absolute atomic E-state index is 11.0. The molecule has 1 fully saturated rings. The number of nitrogens with two attached hydrogens (primary N) is 1. The first-order valence-electron chi connectivity index (χ1n) is 7.73. The zero-order valence-electron chi connectivity index (χ0n) is 12.9. The van der Waals surface area contributed by atoms with E-state index in [2.05, 4.69) is 15.0 Å². The van der Waals surface area contributed by atoms with E-state index in [1.807, 2.05) is 6.20 Å². The number of nitrogens with zero attached hydrogens (tertiary/aromatic N) is 4. The molecule has 0 saturated carbocycles. The molecule has 0 unspecified atom stereocenters. The first kappa shape index (κ1) is 15.2. The zero-order chi connectivity index (χ0) is 16.2. The molecule has 0 radical (unpaired) electrons. The highest BCUT2D eigenvalue weighted by atomic mass is 16.1. The van der Waals surface area contributed by atoms with Crippen molar-refractivity contribution in [2.24, 2.45) is 0 Å². The van der Waals surface area contributed by atoms with Gasteiger partial charge in [-0.3, -0.25) is 14.9 Å². The third-order valence-electron chi connectivity index (χ3n) is 4.09. The number of hydrogen-bond donors (Lipinski definition) is 2. The minimum Gasteiger partial charge on any atom is -0.383 e. The van der Waals surface area contributed by atoms with Gasteiger partial charge in [-0.2, -0.15) is 5.10 Å². The lowest BCUT2D eigenvalue weighted by molar-refractivity contribution is 0.112. The maximum Gasteiger partial charge on any atom is 0.153 e. The summed E-state index contributed by atoms with van der Waals surface area (Å²) in [6.45, 7) is 2.36. The van der Waals surface area contributed by atoms with Gasteiger partial charge in [-0.25, -0.2) is 4.98 Å². The molecule has 120 valence electrons. The Balaban J connectivity index is 1.72. The van der Waals surface area contributed by atoms with Gasteiger partial charge in [0.05, 0.1) is 18.3 Å². The van der Waals surface area contributed by atoms with E-state index in [-0.39, 0.29) is 5.82 Å². The molecule has 3 N–H and O–H groups in total. The Morgan fingerprint density at radius 3 is 2.78 bits per heavy atom. The Morgan fingerprint density at radius 1 is 1.26 bits per heavy atom. The molecule has 1 saturated heterocycles. The van der Waals surface area contributed by atoms with Crippen molar-refractivity contribution in [3.8, 4) is 11.1 Å². The van der Waals surface area contributed by atoms with Crippen LogP contribution < -0.4 is 5.73 Å². The highest BCUT2D eigenvalue weighted by Gasteiger charge is 2.14. The molecular weight excluding hydrogens is 292 g/mol. The molecule has 0 amide bonds. The summed E-state index contributed by atoms with van der Waals surface area (Å²) in [7, 11) is 0. The molecule has 0 atom stereocenters. The van der Waals surface area contributed by atoms with Gasteiger partial charge < -0.3 is 10.6 Å². The van der Waals surface area contributed by atoms with E-state index in [1.54, 1.807) is 23.1 Å². The second-order valence-corrected chi connectivity index (χ2v) is 5.74. The number of carbonyl (C=O) groups is 1. The van der Waals surface area contributed by atoms with Crippen LogP contribution in [0.15, 0.2) is 24.7 Å². The van der Waals surface area contributed by atoms with Crippen LogP contribution in [-0.4, -0.2) is 44.9 Å². The van der Waals surface area contributed by atoms with Gasteiger partial charge >= 0.3 is 0 Å². The fraction of sp³-hybridized carbons (Fsp3) is 0.375. The number of rotatable bonds is 4. The van der Waals surface area contributed by atoms with Crippen molar-refractivity contribution < 1.29 is 4.79 Å². The molecule has 1 aliphatic rings. The van der Waals surface area contributed by atoms with Crippen LogP contribution >= 0.6 is 0 Å². The van der Waals surface area contributed by atoms with Gasteiger partial charge in [0.1, 0.15) is 11.7 Å². The van der Waals surface area contributed by atoms with Gasteiger partial charge in [-0.1, -0.05) is 0 Å². The van der Waals surface area contributed by atoms with Crippen LogP contribution in [0.4, 0.5) is 5.82 Å². The van der Waals surface area contributed by atoms with E-state index in [9.17, 15) is 4.79 Å². The van der Waals surface area contributed by atoms with Crippen molar-refractivity contribution in [2.45, 2.75) is 25.8 Å². The number of nitrogens with one attached hydrogen (secondary N) is 1. The summed E-state index contributed by atoms with van der Waals surface area (Å²) in [6.07, 6.45) is 9.45. The van der Waals surface area contributed by atoms with Gasteiger partial charge in [-0.05, 0) is 25.3 Å². The molecule has 1 aliphatic heterocycles. The summed E-state index contributed by atoms with van der Waals surface area (Å²) in [6, 6.07) is 1.70. The van der Waals surface area contributed by atoms with E-state index in [0.29, 0.717) is 24.2 Å². The molecule has 2 aromatic rings. The van der Waals surface area contributed by atoms with Crippen LogP contribution in [0.25, 0.3) is 11.1 Å². The third kappa shape index (κ3) is 3.39. The number of likely N-dealkylation sites (tertiary alicyclic amines) is 1. The van der Waals surface area contributed by atoms with Crippen molar-refractivity contribution in [3.63, 3.8) is 0 Å². The molecule has 0 aliphatic carbocycles. The normalized spacial score (nSPS) is 14.7. The molecule has 3 rings (SSSR count). The summed E-state index contributed by atoms with van der Waals surface area (Å²) in [5, 5.41) is 12.5. The SMILES string of the molecule is N=C(Cn1cc(-c2cnc(N)c(C=O)c2)cn1)N1CCCCC1. The second kappa shape index (κ2) is 6.60. The molecule has 3 heterocycles. The highest BCUT2D eigenvalue weighted by Crippen LogP contribution is 2.20. The van der Waals surface area contributed by atoms with Crippen molar-refractivity contribution >= 4 is 17.9 Å². The number of anilines is 1. The van der Waals surface area contributed by atoms with Crippen LogP contribution in [0.2, 0.25) is 0 Å². The quantitative estimate of drug-likeness (QED) is 0.509. The summed E-state index contributed by atoms with van der Waals surface area (Å²) in [5.74, 6) is 0.811. The minimum absolute atomic E-state index is 0.225. The van der Waals surface area contributed by atoms with Crippen molar-refractivity contribution in [3.05, 3.63) is 30.2 Å². The van der Waals surface area contributed by atoms with Crippen LogP contribution in [-0.2, 0) is 6.54 Å². The summed E-state index contributed by atoms with van der Waals surface area (Å²) in [4.78, 5) is 17.1. The largest absolute Gasteiger partial charge is 0.383 e. The maximum atomic E-state index is 11.0. The van der Waals surface area contributed by atoms with E-state index < -0.39 is 0 Å². The molecule has 2 aromatic heterocycles. The van der Waals surface area contributed by atoms with Crippen LogP contribution in [0.1, 0.15) is 29.6 Å². The monoisotopic (exact) mass is 312 g/mol. The standard InChI is InChI=1S/C16H20N6O/c17-15(21-4-2-1-3-5-21)10-22-9-14(8-20-22)12-6-13(11-23)16(18)19-7-12/h6-9,11,17H,1-5,10H2,(H2,18,19). The molecule has 7 heteroatoms. The van der Waals surface area contributed by atoms with E-state index in [1.165, 1.54) is 6.42 Å². The van der Waals surface area contributed by atoms with Gasteiger partial charge in [0, 0.05) is 36.6 Å². The molecule has 0 bridgehead atoms. The van der Waals surface area contributed by atoms with E-state index in [0.717, 1.165) is 37.1 Å². The number of aldehydes is 1. The van der Waals surface area contributed by atoms with Gasteiger partial charge in [0.25, 0.3) is 0 Å². The van der Waals surface area contributed by atoms with Crippen molar-refractivity contribution in [1.82, 2.24) is 19.7 Å². The number of piperidine rings is 1. The fourth-order valence-corrected chi connectivity index (χ4v) is 2.76. The van der Waals surface area contributed by atoms with Crippen LogP contribution in [0, 0.1) is 5.41 Å². The zero-order valence-corrected chi connectivity index (χ0v) is 12.9. The van der Waals surface area contributed by atoms with E-state index in [4.69, 9.17) is 11.1 Å². The second-order valence-electron chi connectivity index (χ2n) is 5.74. The van der Waals surface area contributed by atoms with Crippen LogP contribution in [0.3, 0.4) is 0 Å². The minimum atomic E-state index is 0.225. The van der Waals surface area contributed by atoms with E-state index >= 15 is 0 Å². The lowest BCUT2D eigenvalue weighted by Crippen LogP contribution is -2.37. The highest BCUT2D eigenvalue weighted by molar-refractivity contribution is 5.84. The average molecular weight is 312 g/mol. The smallest absolute Gasteiger partial charge is 0.153 e. The molecular formula is C16H20N6O. The Hall–Kier alpha value is -2.70. The number of carbonyl (C=O) groups excluding carboxylic acids is 1. The number of aromatic nitrogens is 3. The summed E-state index contributed by atoms with van der Waals surface area (Å²) < 4.78 is 1.74. The lowest BCUT2D eigenvalue weighted by atomic mass is 10.1. The fourth-order valence-electron chi connectivity index (χ4n) is 2.76. The predicted octanol–water partition coefficient (Wildman–Crippen LogP) is 1.80. The molecule has 7 nitrogen and oxygen atoms in total. The number of pyridine rings is 1. The van der Waals surface area contributed by atoms with Gasteiger partial charge in [0.2, 0.25) is 0 Å². The topological polar surface area (TPSA) is 101 Å². The first-order valence-corrected chi connectivity index (χ1v) is 7.73. The third-order valence-corrected chi connectivity index (χ3v) is 4.09. The molecule has 23 heavy (non-hydrogen) atoms. The Kier molecular flexibility index (Phi) is 4.36. The molecule has 0 spiro atoms. The first-order chi connectivity index (χ1) is 11.2. The van der Waals surface area contributed by atoms with Crippen molar-refractivity contribution in [1.29, 1.82) is 5.41 Å².